The molecule has 0 aliphatic carbocycles. The minimum Gasteiger partial charge on any atom is -0.444 e. The molecule has 0 saturated carbocycles. The lowest BCUT2D eigenvalue weighted by atomic mass is 10.0. The number of anilines is 2. The number of hydrogen-bond acceptors (Lipinski definition) is 6. The van der Waals surface area contributed by atoms with Crippen LogP contribution >= 0.6 is 11.6 Å². The Hall–Kier alpha value is -3.45. The summed E-state index contributed by atoms with van der Waals surface area (Å²) in [5.74, 6) is -0.0118. The van der Waals surface area contributed by atoms with Crippen molar-refractivity contribution in [1.29, 1.82) is 0 Å². The van der Waals surface area contributed by atoms with Gasteiger partial charge in [0, 0.05) is 35.3 Å². The molecule has 2 aromatic carbocycles. The smallest absolute Gasteiger partial charge is 0.412 e. The number of rotatable bonds is 7. The van der Waals surface area contributed by atoms with Gasteiger partial charge in [0.2, 0.25) is 0 Å². The second-order valence-corrected chi connectivity index (χ2v) is 9.41. The van der Waals surface area contributed by atoms with Crippen LogP contribution in [0.5, 0.6) is 0 Å². The van der Waals surface area contributed by atoms with Gasteiger partial charge < -0.3 is 10.1 Å². The fourth-order valence-corrected chi connectivity index (χ4v) is 3.42. The first kappa shape index (κ1) is 25.2. The number of nitrogens with one attached hydrogen (secondary N) is 2. The molecule has 3 rings (SSSR count). The summed E-state index contributed by atoms with van der Waals surface area (Å²) in [5.41, 5.74) is 4.33. The first-order chi connectivity index (χ1) is 16.0. The Labute approximate surface area is 204 Å². The van der Waals surface area contributed by atoms with Gasteiger partial charge in [0.15, 0.2) is 5.78 Å². The van der Waals surface area contributed by atoms with Crippen LogP contribution in [-0.4, -0.2) is 34.0 Å². The van der Waals surface area contributed by atoms with Gasteiger partial charge in [0.1, 0.15) is 5.60 Å². The maximum Gasteiger partial charge on any atom is 0.412 e. The molecule has 8 heteroatoms. The van der Waals surface area contributed by atoms with Gasteiger partial charge in [-0.2, -0.15) is 0 Å². The standard InChI is InChI=1S/C26H29ClN4O3/c1-16-11-21(22(13-20(16)27)31-25(33)34-26(3,4)5)29-10-9-24(32)19-8-6-7-18(12-19)23-15-28-14-17(2)30-23/h6-8,11-15,29H,9-10H2,1-5H3,(H,31,33). The molecule has 0 atom stereocenters. The number of halogens is 1. The van der Waals surface area contributed by atoms with Crippen LogP contribution in [0.4, 0.5) is 16.2 Å². The number of ether oxygens (including phenoxy) is 1. The lowest BCUT2D eigenvalue weighted by Gasteiger charge is -2.21. The Kier molecular flexibility index (Phi) is 7.89. The van der Waals surface area contributed by atoms with Crippen molar-refractivity contribution in [3.8, 4) is 11.3 Å². The quantitative estimate of drug-likeness (QED) is 0.377. The molecule has 34 heavy (non-hydrogen) atoms. The molecule has 0 aliphatic rings. The third-order valence-electron chi connectivity index (χ3n) is 4.84. The molecule has 1 aromatic heterocycles. The molecule has 1 heterocycles. The molecule has 7 nitrogen and oxygen atoms in total. The molecule has 1 amide bonds. The number of carbonyl (C=O) groups is 2. The topological polar surface area (TPSA) is 93.2 Å². The molecule has 0 bridgehead atoms. The van der Waals surface area contributed by atoms with E-state index in [1.807, 2.05) is 38.1 Å². The van der Waals surface area contributed by atoms with Crippen molar-refractivity contribution in [2.75, 3.05) is 17.2 Å². The average molecular weight is 481 g/mol. The van der Waals surface area contributed by atoms with Crippen molar-refractivity contribution in [3.63, 3.8) is 0 Å². The van der Waals surface area contributed by atoms with Crippen LogP contribution in [0.3, 0.4) is 0 Å². The lowest BCUT2D eigenvalue weighted by Crippen LogP contribution is -2.27. The van der Waals surface area contributed by atoms with Crippen LogP contribution < -0.4 is 10.6 Å². The summed E-state index contributed by atoms with van der Waals surface area (Å²) >= 11 is 6.26. The summed E-state index contributed by atoms with van der Waals surface area (Å²) in [7, 11) is 0. The largest absolute Gasteiger partial charge is 0.444 e. The van der Waals surface area contributed by atoms with Crippen molar-refractivity contribution in [2.24, 2.45) is 0 Å². The highest BCUT2D eigenvalue weighted by atomic mass is 35.5. The van der Waals surface area contributed by atoms with Gasteiger partial charge in [-0.3, -0.25) is 15.1 Å². The van der Waals surface area contributed by atoms with Gasteiger partial charge in [-0.15, -0.1) is 0 Å². The molecule has 0 aliphatic heterocycles. The molecule has 0 radical (unpaired) electrons. The lowest BCUT2D eigenvalue weighted by molar-refractivity contribution is 0.0635. The van der Waals surface area contributed by atoms with Crippen LogP contribution in [-0.2, 0) is 4.74 Å². The first-order valence-electron chi connectivity index (χ1n) is 11.0. The molecule has 0 unspecified atom stereocenters. The van der Waals surface area contributed by atoms with E-state index >= 15 is 0 Å². The maximum absolute atomic E-state index is 12.8. The Morgan fingerprint density at radius 1 is 1.06 bits per heavy atom. The van der Waals surface area contributed by atoms with Crippen molar-refractivity contribution in [2.45, 2.75) is 46.6 Å². The molecule has 178 valence electrons. The van der Waals surface area contributed by atoms with E-state index in [-0.39, 0.29) is 12.2 Å². The highest BCUT2D eigenvalue weighted by Crippen LogP contribution is 2.30. The van der Waals surface area contributed by atoms with E-state index in [1.54, 1.807) is 45.3 Å². The molecule has 3 aromatic rings. The van der Waals surface area contributed by atoms with Gasteiger partial charge in [-0.1, -0.05) is 29.8 Å². The fourth-order valence-electron chi connectivity index (χ4n) is 3.25. The molecule has 0 fully saturated rings. The van der Waals surface area contributed by atoms with E-state index in [0.29, 0.717) is 28.5 Å². The minimum absolute atomic E-state index is 0.0118. The van der Waals surface area contributed by atoms with Crippen molar-refractivity contribution in [3.05, 3.63) is 70.6 Å². The van der Waals surface area contributed by atoms with Gasteiger partial charge in [0.25, 0.3) is 0 Å². The zero-order valence-corrected chi connectivity index (χ0v) is 20.8. The number of carbonyl (C=O) groups excluding carboxylic acids is 2. The highest BCUT2D eigenvalue weighted by Gasteiger charge is 2.18. The molecule has 0 spiro atoms. The highest BCUT2D eigenvalue weighted by molar-refractivity contribution is 6.31. The number of aromatic nitrogens is 2. The fraction of sp³-hybridized carbons (Fsp3) is 0.308. The number of hydrogen-bond donors (Lipinski definition) is 2. The normalized spacial score (nSPS) is 11.1. The van der Waals surface area contributed by atoms with Gasteiger partial charge in [0.05, 0.1) is 29.0 Å². The molecule has 0 saturated heterocycles. The van der Waals surface area contributed by atoms with Crippen LogP contribution in [0, 0.1) is 13.8 Å². The van der Waals surface area contributed by atoms with Crippen LogP contribution in [0.25, 0.3) is 11.3 Å². The maximum atomic E-state index is 12.8. The van der Waals surface area contributed by atoms with Crippen molar-refractivity contribution in [1.82, 2.24) is 9.97 Å². The number of nitrogens with zero attached hydrogens (tertiary/aromatic N) is 2. The van der Waals surface area contributed by atoms with Gasteiger partial charge in [-0.25, -0.2) is 9.78 Å². The minimum atomic E-state index is -0.628. The predicted molar refractivity (Wildman–Crippen MR) is 136 cm³/mol. The van der Waals surface area contributed by atoms with Gasteiger partial charge in [-0.05, 0) is 58.4 Å². The third kappa shape index (κ3) is 7.02. The average Bonchev–Trinajstić information content (AvgIpc) is 2.75. The van der Waals surface area contributed by atoms with E-state index in [1.165, 1.54) is 0 Å². The predicted octanol–water partition coefficient (Wildman–Crippen LogP) is 6.45. The summed E-state index contributed by atoms with van der Waals surface area (Å²) < 4.78 is 5.34. The van der Waals surface area contributed by atoms with Gasteiger partial charge >= 0.3 is 6.09 Å². The van der Waals surface area contributed by atoms with Crippen LogP contribution in [0.15, 0.2) is 48.8 Å². The Bertz CT molecular complexity index is 1200. The number of ketones is 1. The Morgan fingerprint density at radius 3 is 2.53 bits per heavy atom. The van der Waals surface area contributed by atoms with Crippen molar-refractivity contribution >= 4 is 34.9 Å². The number of Topliss-reactive ketones (excluding diaryl/α,β-unsaturated/α-hetero) is 1. The summed E-state index contributed by atoms with van der Waals surface area (Å²) in [4.78, 5) is 33.7. The Balaban J connectivity index is 1.68. The summed E-state index contributed by atoms with van der Waals surface area (Å²) in [6.45, 7) is 9.49. The van der Waals surface area contributed by atoms with E-state index in [0.717, 1.165) is 22.5 Å². The monoisotopic (exact) mass is 480 g/mol. The van der Waals surface area contributed by atoms with Crippen molar-refractivity contribution < 1.29 is 14.3 Å². The second kappa shape index (κ2) is 10.7. The molecular weight excluding hydrogens is 452 g/mol. The third-order valence-corrected chi connectivity index (χ3v) is 5.24. The number of amides is 1. The number of aryl methyl sites for hydroxylation is 2. The van der Waals surface area contributed by atoms with E-state index in [9.17, 15) is 9.59 Å². The first-order valence-corrected chi connectivity index (χ1v) is 11.4. The molecule has 2 N–H and O–H groups in total. The summed E-state index contributed by atoms with van der Waals surface area (Å²) in [5, 5.41) is 6.48. The second-order valence-electron chi connectivity index (χ2n) is 9.00. The van der Waals surface area contributed by atoms with Crippen LogP contribution in [0.2, 0.25) is 5.02 Å². The molecular formula is C26H29ClN4O3. The Morgan fingerprint density at radius 2 is 1.82 bits per heavy atom. The number of benzene rings is 2. The SMILES string of the molecule is Cc1cncc(-c2cccc(C(=O)CCNc3cc(C)c(Cl)cc3NC(=O)OC(C)(C)C)c2)n1. The summed E-state index contributed by atoms with van der Waals surface area (Å²) in [6, 6.07) is 10.9. The van der Waals surface area contributed by atoms with E-state index in [4.69, 9.17) is 16.3 Å². The van der Waals surface area contributed by atoms with Crippen LogP contribution in [0.1, 0.15) is 48.8 Å². The zero-order chi connectivity index (χ0) is 24.9. The zero-order valence-electron chi connectivity index (χ0n) is 20.0. The van der Waals surface area contributed by atoms with E-state index < -0.39 is 11.7 Å². The summed E-state index contributed by atoms with van der Waals surface area (Å²) in [6.07, 6.45) is 3.05. The van der Waals surface area contributed by atoms with E-state index in [2.05, 4.69) is 20.6 Å².